The van der Waals surface area contributed by atoms with Gasteiger partial charge in [-0.1, -0.05) is 24.3 Å². The van der Waals surface area contributed by atoms with Gasteiger partial charge in [0, 0.05) is 18.8 Å². The summed E-state index contributed by atoms with van der Waals surface area (Å²) < 4.78 is 5.63. The van der Waals surface area contributed by atoms with Crippen LogP contribution in [0.4, 0.5) is 0 Å². The number of ether oxygens (including phenoxy) is 1. The van der Waals surface area contributed by atoms with E-state index in [-0.39, 0.29) is 0 Å². The van der Waals surface area contributed by atoms with E-state index < -0.39 is 0 Å². The Morgan fingerprint density at radius 3 is 2.63 bits per heavy atom. The molecule has 0 bridgehead atoms. The molecule has 0 aliphatic carbocycles. The van der Waals surface area contributed by atoms with Gasteiger partial charge < -0.3 is 15.8 Å². The third-order valence-electron chi connectivity index (χ3n) is 2.65. The summed E-state index contributed by atoms with van der Waals surface area (Å²) in [6.07, 6.45) is 2.82. The van der Waals surface area contributed by atoms with Gasteiger partial charge >= 0.3 is 0 Å². The van der Waals surface area contributed by atoms with Crippen LogP contribution in [-0.4, -0.2) is 18.1 Å². The Hall–Kier alpha value is -1.91. The molecule has 0 radical (unpaired) electrons. The summed E-state index contributed by atoms with van der Waals surface area (Å²) in [6, 6.07) is 13.5. The molecule has 0 amide bonds. The van der Waals surface area contributed by atoms with Gasteiger partial charge in [0.15, 0.2) is 0 Å². The minimum absolute atomic E-state index is 0.608. The highest BCUT2D eigenvalue weighted by atomic mass is 16.5. The van der Waals surface area contributed by atoms with E-state index in [0.717, 1.165) is 37.4 Å². The molecule has 100 valence electrons. The van der Waals surface area contributed by atoms with E-state index in [1.807, 2.05) is 48.7 Å². The molecule has 1 aromatic heterocycles. The lowest BCUT2D eigenvalue weighted by Crippen LogP contribution is -2.17. The third-order valence-corrected chi connectivity index (χ3v) is 2.65. The highest BCUT2D eigenvalue weighted by Gasteiger charge is 1.98. The zero-order valence-electron chi connectivity index (χ0n) is 10.9. The first-order valence-corrected chi connectivity index (χ1v) is 6.47. The summed E-state index contributed by atoms with van der Waals surface area (Å²) >= 11 is 0. The average molecular weight is 257 g/mol. The first-order valence-electron chi connectivity index (χ1n) is 6.47. The number of para-hydroxylation sites is 1. The molecule has 0 atom stereocenters. The Morgan fingerprint density at radius 1 is 1.11 bits per heavy atom. The molecule has 0 spiro atoms. The van der Waals surface area contributed by atoms with Crippen molar-refractivity contribution in [2.75, 3.05) is 13.1 Å². The van der Waals surface area contributed by atoms with Crippen LogP contribution in [0.5, 0.6) is 11.6 Å². The van der Waals surface area contributed by atoms with E-state index in [0.29, 0.717) is 5.88 Å². The lowest BCUT2D eigenvalue weighted by molar-refractivity contribution is 0.462. The molecular weight excluding hydrogens is 238 g/mol. The molecule has 19 heavy (non-hydrogen) atoms. The van der Waals surface area contributed by atoms with Crippen LogP contribution in [0.1, 0.15) is 12.0 Å². The van der Waals surface area contributed by atoms with E-state index in [1.165, 1.54) is 0 Å². The van der Waals surface area contributed by atoms with Crippen molar-refractivity contribution in [1.82, 2.24) is 10.3 Å². The number of rotatable bonds is 7. The van der Waals surface area contributed by atoms with Crippen molar-refractivity contribution in [3.05, 3.63) is 54.2 Å². The van der Waals surface area contributed by atoms with Gasteiger partial charge in [-0.2, -0.15) is 0 Å². The Labute approximate surface area is 113 Å². The fraction of sp³-hybridized carbons (Fsp3) is 0.267. The molecule has 0 saturated carbocycles. The summed E-state index contributed by atoms with van der Waals surface area (Å²) in [6.45, 7) is 2.45. The van der Waals surface area contributed by atoms with Crippen LogP contribution in [0.15, 0.2) is 48.7 Å². The standard InChI is InChI=1S/C15H19N3O/c16-9-4-10-17-11-13-7-8-15(18-12-13)19-14-5-2-1-3-6-14/h1-3,5-8,12,17H,4,9-11,16H2. The van der Waals surface area contributed by atoms with Crippen LogP contribution >= 0.6 is 0 Å². The zero-order chi connectivity index (χ0) is 13.3. The van der Waals surface area contributed by atoms with Gasteiger partial charge in [0.2, 0.25) is 5.88 Å². The fourth-order valence-corrected chi connectivity index (χ4v) is 1.64. The van der Waals surface area contributed by atoms with Crippen molar-refractivity contribution in [3.63, 3.8) is 0 Å². The third kappa shape index (κ3) is 4.69. The minimum Gasteiger partial charge on any atom is -0.439 e. The van der Waals surface area contributed by atoms with Gasteiger partial charge in [0.25, 0.3) is 0 Å². The maximum atomic E-state index is 5.63. The quantitative estimate of drug-likeness (QED) is 0.747. The van der Waals surface area contributed by atoms with Crippen molar-refractivity contribution in [1.29, 1.82) is 0 Å². The lowest BCUT2D eigenvalue weighted by Gasteiger charge is -2.06. The van der Waals surface area contributed by atoms with Gasteiger partial charge in [0.05, 0.1) is 0 Å². The lowest BCUT2D eigenvalue weighted by atomic mass is 10.3. The van der Waals surface area contributed by atoms with Crippen molar-refractivity contribution in [2.24, 2.45) is 5.73 Å². The summed E-state index contributed by atoms with van der Waals surface area (Å²) in [5.74, 6) is 1.40. The summed E-state index contributed by atoms with van der Waals surface area (Å²) in [5.41, 5.74) is 6.57. The second-order valence-corrected chi connectivity index (χ2v) is 4.24. The highest BCUT2D eigenvalue weighted by molar-refractivity contribution is 5.27. The Kier molecular flexibility index (Phi) is 5.34. The second kappa shape index (κ2) is 7.51. The van der Waals surface area contributed by atoms with Crippen LogP contribution in [0.3, 0.4) is 0 Å². The van der Waals surface area contributed by atoms with Crippen LogP contribution < -0.4 is 15.8 Å². The topological polar surface area (TPSA) is 60.2 Å². The first-order chi connectivity index (χ1) is 9.38. The number of hydrogen-bond acceptors (Lipinski definition) is 4. The van der Waals surface area contributed by atoms with Gasteiger partial charge in [-0.05, 0) is 37.2 Å². The predicted molar refractivity (Wildman–Crippen MR) is 76.1 cm³/mol. The SMILES string of the molecule is NCCCNCc1ccc(Oc2ccccc2)nc1. The van der Waals surface area contributed by atoms with Gasteiger partial charge in [0.1, 0.15) is 5.75 Å². The van der Waals surface area contributed by atoms with E-state index >= 15 is 0 Å². The van der Waals surface area contributed by atoms with Crippen molar-refractivity contribution in [2.45, 2.75) is 13.0 Å². The molecule has 4 heteroatoms. The smallest absolute Gasteiger partial charge is 0.219 e. The van der Waals surface area contributed by atoms with Gasteiger partial charge in [-0.25, -0.2) is 4.98 Å². The van der Waals surface area contributed by atoms with Crippen LogP contribution in [0, 0.1) is 0 Å². The molecular formula is C15H19N3O. The molecule has 1 heterocycles. The zero-order valence-corrected chi connectivity index (χ0v) is 10.9. The predicted octanol–water partition coefficient (Wildman–Crippen LogP) is 2.31. The highest BCUT2D eigenvalue weighted by Crippen LogP contribution is 2.18. The number of hydrogen-bond donors (Lipinski definition) is 2. The molecule has 0 unspecified atom stereocenters. The van der Waals surface area contributed by atoms with Crippen LogP contribution in [0.25, 0.3) is 0 Å². The maximum Gasteiger partial charge on any atom is 0.219 e. The number of nitrogens with one attached hydrogen (secondary N) is 1. The molecule has 4 nitrogen and oxygen atoms in total. The van der Waals surface area contributed by atoms with E-state index in [2.05, 4.69) is 10.3 Å². The second-order valence-electron chi connectivity index (χ2n) is 4.24. The Morgan fingerprint density at radius 2 is 1.95 bits per heavy atom. The summed E-state index contributed by atoms with van der Waals surface area (Å²) in [4.78, 5) is 4.29. The molecule has 0 aliphatic rings. The number of benzene rings is 1. The van der Waals surface area contributed by atoms with E-state index in [4.69, 9.17) is 10.5 Å². The molecule has 2 aromatic rings. The maximum absolute atomic E-state index is 5.63. The normalized spacial score (nSPS) is 10.4. The monoisotopic (exact) mass is 257 g/mol. The molecule has 3 N–H and O–H groups in total. The molecule has 2 rings (SSSR count). The molecule has 0 fully saturated rings. The Balaban J connectivity index is 1.84. The number of nitrogens with two attached hydrogens (primary N) is 1. The number of pyridine rings is 1. The van der Waals surface area contributed by atoms with Crippen molar-refractivity contribution < 1.29 is 4.74 Å². The molecule has 1 aromatic carbocycles. The number of nitrogens with zero attached hydrogens (tertiary/aromatic N) is 1. The number of aromatic nitrogens is 1. The van der Waals surface area contributed by atoms with Gasteiger partial charge in [-0.15, -0.1) is 0 Å². The van der Waals surface area contributed by atoms with Crippen molar-refractivity contribution >= 4 is 0 Å². The van der Waals surface area contributed by atoms with Crippen LogP contribution in [-0.2, 0) is 6.54 Å². The fourth-order valence-electron chi connectivity index (χ4n) is 1.64. The minimum atomic E-state index is 0.608. The molecule has 0 saturated heterocycles. The summed E-state index contributed by atoms with van der Waals surface area (Å²) in [5, 5.41) is 3.31. The first kappa shape index (κ1) is 13.5. The molecule has 0 aliphatic heterocycles. The summed E-state index contributed by atoms with van der Waals surface area (Å²) in [7, 11) is 0. The van der Waals surface area contributed by atoms with Crippen molar-refractivity contribution in [3.8, 4) is 11.6 Å². The van der Waals surface area contributed by atoms with Gasteiger partial charge in [-0.3, -0.25) is 0 Å². The van der Waals surface area contributed by atoms with E-state index in [9.17, 15) is 0 Å². The Bertz CT molecular complexity index is 471. The van der Waals surface area contributed by atoms with Crippen LogP contribution in [0.2, 0.25) is 0 Å². The average Bonchev–Trinajstić information content (AvgIpc) is 2.46. The largest absolute Gasteiger partial charge is 0.439 e. The van der Waals surface area contributed by atoms with E-state index in [1.54, 1.807) is 0 Å².